The molecule has 2 fully saturated rings. The number of esters is 1. The van der Waals surface area contributed by atoms with E-state index in [1.165, 1.54) is 38.8 Å². The van der Waals surface area contributed by atoms with Gasteiger partial charge in [0.05, 0.1) is 5.92 Å². The van der Waals surface area contributed by atoms with E-state index >= 15 is 0 Å². The molecule has 2 saturated heterocycles. The molecule has 3 heteroatoms. The number of carbonyl (C=O) groups is 1. The average Bonchev–Trinajstić information content (AvgIpc) is 2.38. The van der Waals surface area contributed by atoms with E-state index in [1.54, 1.807) is 0 Å². The van der Waals surface area contributed by atoms with Crippen molar-refractivity contribution in [3.05, 3.63) is 0 Å². The molecule has 2 aliphatic rings. The largest absolute Gasteiger partial charge is 0.460 e. The van der Waals surface area contributed by atoms with Gasteiger partial charge < -0.3 is 4.74 Å². The van der Waals surface area contributed by atoms with Crippen LogP contribution in [0.5, 0.6) is 0 Å². The number of hydrogen-bond donors (Lipinski definition) is 0. The number of rotatable bonds is 3. The highest BCUT2D eigenvalue weighted by atomic mass is 16.5. The van der Waals surface area contributed by atoms with E-state index in [9.17, 15) is 4.79 Å². The highest BCUT2D eigenvalue weighted by Crippen LogP contribution is 2.28. The van der Waals surface area contributed by atoms with Gasteiger partial charge in [0.25, 0.3) is 0 Å². The summed E-state index contributed by atoms with van der Waals surface area (Å²) in [7, 11) is 0. The Morgan fingerprint density at radius 3 is 2.82 bits per heavy atom. The minimum atomic E-state index is 0.00456. The second kappa shape index (κ2) is 5.85. The van der Waals surface area contributed by atoms with Crippen molar-refractivity contribution in [2.75, 3.05) is 13.1 Å². The minimum Gasteiger partial charge on any atom is -0.460 e. The molecular weight excluding hydrogens is 214 g/mol. The normalized spacial score (nSPS) is 31.6. The van der Waals surface area contributed by atoms with Crippen LogP contribution in [0.4, 0.5) is 0 Å². The van der Waals surface area contributed by atoms with Gasteiger partial charge in [-0.3, -0.25) is 9.69 Å². The fraction of sp³-hybridized carbons (Fsp3) is 0.929. The van der Waals surface area contributed by atoms with Gasteiger partial charge in [-0.25, -0.2) is 0 Å². The molecule has 0 N–H and O–H groups in total. The molecular formula is C14H25NO2. The molecule has 2 rings (SSSR count). The summed E-state index contributed by atoms with van der Waals surface area (Å²) in [5.74, 6) is 0.0545. The third kappa shape index (κ3) is 3.01. The lowest BCUT2D eigenvalue weighted by molar-refractivity contribution is -0.160. The Balaban J connectivity index is 1.92. The molecule has 3 nitrogen and oxygen atoms in total. The predicted molar refractivity (Wildman–Crippen MR) is 67.8 cm³/mol. The topological polar surface area (TPSA) is 29.5 Å². The Labute approximate surface area is 105 Å². The maximum atomic E-state index is 11.9. The van der Waals surface area contributed by atoms with Gasteiger partial charge in [0.15, 0.2) is 0 Å². The first kappa shape index (κ1) is 12.9. The summed E-state index contributed by atoms with van der Waals surface area (Å²) in [6.07, 6.45) is 7.07. The van der Waals surface area contributed by atoms with Gasteiger partial charge in [-0.15, -0.1) is 0 Å². The second-order valence-corrected chi connectivity index (χ2v) is 5.53. The Hall–Kier alpha value is -0.570. The summed E-state index contributed by atoms with van der Waals surface area (Å²) in [5, 5.41) is 0. The lowest BCUT2D eigenvalue weighted by atomic mass is 9.90. The van der Waals surface area contributed by atoms with Crippen LogP contribution in [0.1, 0.15) is 52.4 Å². The van der Waals surface area contributed by atoms with Crippen molar-refractivity contribution in [2.24, 2.45) is 5.92 Å². The van der Waals surface area contributed by atoms with Gasteiger partial charge in [-0.05, 0) is 45.2 Å². The maximum Gasteiger partial charge on any atom is 0.308 e. The SMILES string of the molecule is CCC(C)C(=O)OC1CCCN2CCCCC12. The van der Waals surface area contributed by atoms with Gasteiger partial charge >= 0.3 is 5.97 Å². The first-order valence-electron chi connectivity index (χ1n) is 7.17. The Morgan fingerprint density at radius 2 is 2.06 bits per heavy atom. The van der Waals surface area contributed by atoms with E-state index in [2.05, 4.69) is 4.90 Å². The van der Waals surface area contributed by atoms with Gasteiger partial charge in [-0.2, -0.15) is 0 Å². The molecule has 98 valence electrons. The van der Waals surface area contributed by atoms with Crippen LogP contribution in [0.25, 0.3) is 0 Å². The summed E-state index contributed by atoms with van der Waals surface area (Å²) in [5.41, 5.74) is 0. The second-order valence-electron chi connectivity index (χ2n) is 5.53. The molecule has 0 bridgehead atoms. The van der Waals surface area contributed by atoms with Crippen molar-refractivity contribution in [2.45, 2.75) is 64.5 Å². The van der Waals surface area contributed by atoms with Gasteiger partial charge in [0.2, 0.25) is 0 Å². The standard InChI is InChI=1S/C14H25NO2/c1-3-11(2)14(16)17-13-8-6-10-15-9-5-4-7-12(13)15/h11-13H,3-10H2,1-2H3. The van der Waals surface area contributed by atoms with Gasteiger partial charge in [0.1, 0.15) is 6.10 Å². The summed E-state index contributed by atoms with van der Waals surface area (Å²) in [6.45, 7) is 6.40. The lowest BCUT2D eigenvalue weighted by Gasteiger charge is -2.43. The summed E-state index contributed by atoms with van der Waals surface area (Å²) in [6, 6.07) is 0.505. The van der Waals surface area contributed by atoms with Crippen LogP contribution in [0.2, 0.25) is 0 Å². The van der Waals surface area contributed by atoms with Crippen molar-refractivity contribution in [3.63, 3.8) is 0 Å². The number of ether oxygens (including phenoxy) is 1. The molecule has 0 aromatic carbocycles. The predicted octanol–water partition coefficient (Wildman–Crippen LogP) is 2.59. The number of hydrogen-bond acceptors (Lipinski definition) is 3. The first-order valence-corrected chi connectivity index (χ1v) is 7.17. The Bertz CT molecular complexity index is 265. The fourth-order valence-electron chi connectivity index (χ4n) is 2.97. The van der Waals surface area contributed by atoms with Gasteiger partial charge in [-0.1, -0.05) is 20.3 Å². The van der Waals surface area contributed by atoms with E-state index in [1.807, 2.05) is 13.8 Å². The Morgan fingerprint density at radius 1 is 1.29 bits per heavy atom. The molecule has 17 heavy (non-hydrogen) atoms. The number of nitrogens with zero attached hydrogens (tertiary/aromatic N) is 1. The van der Waals surface area contributed by atoms with Crippen molar-refractivity contribution >= 4 is 5.97 Å². The van der Waals surface area contributed by atoms with Crippen LogP contribution in [-0.4, -0.2) is 36.1 Å². The van der Waals surface area contributed by atoms with Crippen LogP contribution in [0.3, 0.4) is 0 Å². The van der Waals surface area contributed by atoms with Crippen LogP contribution >= 0.6 is 0 Å². The quantitative estimate of drug-likeness (QED) is 0.709. The first-order chi connectivity index (χ1) is 8.22. The van der Waals surface area contributed by atoms with E-state index in [0.717, 1.165) is 12.8 Å². The zero-order valence-electron chi connectivity index (χ0n) is 11.2. The Kier molecular flexibility index (Phi) is 4.43. The van der Waals surface area contributed by atoms with Crippen LogP contribution in [-0.2, 0) is 9.53 Å². The number of carbonyl (C=O) groups excluding carboxylic acids is 1. The average molecular weight is 239 g/mol. The number of fused-ring (bicyclic) bond motifs is 1. The minimum absolute atomic E-state index is 0.00456. The van der Waals surface area contributed by atoms with Crippen molar-refractivity contribution in [1.29, 1.82) is 0 Å². The van der Waals surface area contributed by atoms with E-state index in [-0.39, 0.29) is 18.0 Å². The maximum absolute atomic E-state index is 11.9. The van der Waals surface area contributed by atoms with Crippen LogP contribution < -0.4 is 0 Å². The highest BCUT2D eigenvalue weighted by molar-refractivity contribution is 5.72. The van der Waals surface area contributed by atoms with E-state index < -0.39 is 0 Å². The molecule has 0 aromatic heterocycles. The van der Waals surface area contributed by atoms with Crippen molar-refractivity contribution in [3.8, 4) is 0 Å². The molecule has 3 unspecified atom stereocenters. The molecule has 0 spiro atoms. The lowest BCUT2D eigenvalue weighted by Crippen LogP contribution is -2.52. The summed E-state index contributed by atoms with van der Waals surface area (Å²) in [4.78, 5) is 14.4. The van der Waals surface area contributed by atoms with Crippen LogP contribution in [0, 0.1) is 5.92 Å². The number of piperidine rings is 2. The summed E-state index contributed by atoms with van der Waals surface area (Å²) < 4.78 is 5.73. The zero-order valence-corrected chi connectivity index (χ0v) is 11.2. The monoisotopic (exact) mass is 239 g/mol. The highest BCUT2D eigenvalue weighted by Gasteiger charge is 2.35. The molecule has 2 aliphatic heterocycles. The van der Waals surface area contributed by atoms with Crippen LogP contribution in [0.15, 0.2) is 0 Å². The van der Waals surface area contributed by atoms with E-state index in [4.69, 9.17) is 4.74 Å². The van der Waals surface area contributed by atoms with Crippen molar-refractivity contribution in [1.82, 2.24) is 4.90 Å². The molecule has 0 aliphatic carbocycles. The third-order valence-electron chi connectivity index (χ3n) is 4.31. The zero-order chi connectivity index (χ0) is 12.3. The molecule has 3 atom stereocenters. The van der Waals surface area contributed by atoms with E-state index in [0.29, 0.717) is 6.04 Å². The molecule has 0 radical (unpaired) electrons. The molecule has 0 saturated carbocycles. The molecule has 2 heterocycles. The smallest absolute Gasteiger partial charge is 0.308 e. The summed E-state index contributed by atoms with van der Waals surface area (Å²) >= 11 is 0. The third-order valence-corrected chi connectivity index (χ3v) is 4.31. The van der Waals surface area contributed by atoms with Crippen molar-refractivity contribution < 1.29 is 9.53 Å². The molecule has 0 amide bonds. The fourth-order valence-corrected chi connectivity index (χ4v) is 2.97. The van der Waals surface area contributed by atoms with Gasteiger partial charge in [0, 0.05) is 6.04 Å². The molecule has 0 aromatic rings.